The second kappa shape index (κ2) is 7.30. The van der Waals surface area contributed by atoms with Crippen molar-refractivity contribution < 1.29 is 21.6 Å². The minimum atomic E-state index is -4.82. The van der Waals surface area contributed by atoms with Crippen LogP contribution in [0.15, 0.2) is 45.9 Å². The van der Waals surface area contributed by atoms with Gasteiger partial charge in [0.05, 0.1) is 39.0 Å². The van der Waals surface area contributed by atoms with Gasteiger partial charge in [-0.25, -0.2) is 13.4 Å². The van der Waals surface area contributed by atoms with E-state index in [1.165, 1.54) is 18.5 Å². The fourth-order valence-electron chi connectivity index (χ4n) is 2.42. The number of aryl methyl sites for hydroxylation is 1. The molecule has 0 amide bonds. The summed E-state index contributed by atoms with van der Waals surface area (Å²) in [6.45, 7) is 1.74. The summed E-state index contributed by atoms with van der Waals surface area (Å²) in [6, 6.07) is 3.17. The fourth-order valence-corrected chi connectivity index (χ4v) is 5.26. The molecule has 2 aromatic heterocycles. The van der Waals surface area contributed by atoms with E-state index in [-0.39, 0.29) is 15.9 Å². The third-order valence-corrected chi connectivity index (χ3v) is 6.82. The van der Waals surface area contributed by atoms with Crippen LogP contribution >= 0.6 is 22.1 Å². The number of sulfone groups is 1. The standard InChI is InChI=1S/C16H13ClF3N4O2S2/c1-9-8-27(15(22-9)24-14-7-21-6-13(17)23-14)10-3-4-12(28(2,25)26)11(5-10)16(18,19)20/h3-8H,1-2H3,(H,22,23,24)/q+1. The Morgan fingerprint density at radius 2 is 1.96 bits per heavy atom. The molecular formula is C16H13ClF3N4O2S2+. The average molecular weight is 450 g/mol. The Morgan fingerprint density at radius 1 is 1.25 bits per heavy atom. The summed E-state index contributed by atoms with van der Waals surface area (Å²) in [7, 11) is -5.02. The highest BCUT2D eigenvalue weighted by Crippen LogP contribution is 2.38. The third-order valence-electron chi connectivity index (χ3n) is 3.53. The van der Waals surface area contributed by atoms with Crippen molar-refractivity contribution in [3.8, 4) is 4.90 Å². The van der Waals surface area contributed by atoms with Crippen LogP contribution in [0.1, 0.15) is 11.3 Å². The largest absolute Gasteiger partial charge is 0.417 e. The van der Waals surface area contributed by atoms with Crippen molar-refractivity contribution in [2.75, 3.05) is 6.26 Å². The maximum absolute atomic E-state index is 13.5. The van der Waals surface area contributed by atoms with Crippen molar-refractivity contribution in [3.05, 3.63) is 57.2 Å². The van der Waals surface area contributed by atoms with Crippen molar-refractivity contribution in [2.24, 2.45) is 4.99 Å². The van der Waals surface area contributed by atoms with E-state index in [0.717, 1.165) is 18.4 Å². The van der Waals surface area contributed by atoms with Gasteiger partial charge in [-0.1, -0.05) is 11.6 Å². The van der Waals surface area contributed by atoms with Gasteiger partial charge in [-0.3, -0.25) is 9.97 Å². The fraction of sp³-hybridized carbons (Fsp3) is 0.188. The predicted molar refractivity (Wildman–Crippen MR) is 99.7 cm³/mol. The Kier molecular flexibility index (Phi) is 5.34. The first-order valence-electron chi connectivity index (χ1n) is 7.61. The SMILES string of the molecule is Cc1c[s+](-c2ccc(S(C)(=O)=O)c(C(F)(F)F)c2)c(=Nc2cncc(Cl)n2)[nH]1. The molecule has 0 bridgehead atoms. The molecule has 1 aromatic carbocycles. The first-order chi connectivity index (χ1) is 12.9. The van der Waals surface area contributed by atoms with Crippen LogP contribution < -0.4 is 4.80 Å². The van der Waals surface area contributed by atoms with Gasteiger partial charge in [0.2, 0.25) is 0 Å². The van der Waals surface area contributed by atoms with Crippen LogP contribution in [0.5, 0.6) is 0 Å². The molecule has 0 spiro atoms. The van der Waals surface area contributed by atoms with Crippen molar-refractivity contribution in [2.45, 2.75) is 18.0 Å². The number of nitrogens with zero attached hydrogens (tertiary/aromatic N) is 3. The van der Waals surface area contributed by atoms with Crippen molar-refractivity contribution >= 4 is 37.7 Å². The molecular weight excluding hydrogens is 437 g/mol. The van der Waals surface area contributed by atoms with Gasteiger partial charge < -0.3 is 0 Å². The van der Waals surface area contributed by atoms with Gasteiger partial charge in [0.25, 0.3) is 0 Å². The third kappa shape index (κ3) is 4.42. The number of aromatic nitrogens is 3. The van der Waals surface area contributed by atoms with E-state index in [2.05, 4.69) is 19.9 Å². The lowest BCUT2D eigenvalue weighted by atomic mass is 10.2. The number of hydrogen-bond donors (Lipinski definition) is 1. The van der Waals surface area contributed by atoms with E-state index in [0.29, 0.717) is 10.5 Å². The number of alkyl halides is 3. The summed E-state index contributed by atoms with van der Waals surface area (Å²) in [5.74, 6) is 0.194. The van der Waals surface area contributed by atoms with Gasteiger partial charge in [-0.2, -0.15) is 18.2 Å². The molecule has 2 heterocycles. The molecule has 0 saturated carbocycles. The Morgan fingerprint density at radius 3 is 2.57 bits per heavy atom. The molecule has 0 radical (unpaired) electrons. The number of aromatic amines is 1. The number of rotatable bonds is 3. The van der Waals surface area contributed by atoms with E-state index < -0.39 is 36.9 Å². The molecule has 0 aliphatic heterocycles. The highest BCUT2D eigenvalue weighted by atomic mass is 35.5. The van der Waals surface area contributed by atoms with E-state index in [4.69, 9.17) is 11.6 Å². The Bertz CT molecular complexity index is 1220. The Hall–Kier alpha value is -2.24. The number of benzene rings is 1. The lowest BCUT2D eigenvalue weighted by Gasteiger charge is -2.11. The molecule has 6 nitrogen and oxygen atoms in total. The Labute approximate surface area is 165 Å². The predicted octanol–water partition coefficient (Wildman–Crippen LogP) is 4.16. The second-order valence-corrected chi connectivity index (χ2v) is 9.95. The molecule has 0 aliphatic rings. The molecule has 1 atom stereocenters. The molecule has 1 N–H and O–H groups in total. The van der Waals surface area contributed by atoms with Gasteiger partial charge in [0.15, 0.2) is 25.9 Å². The lowest BCUT2D eigenvalue weighted by Crippen LogP contribution is -2.12. The second-order valence-electron chi connectivity index (χ2n) is 5.81. The summed E-state index contributed by atoms with van der Waals surface area (Å²) in [5, 5.41) is 1.84. The van der Waals surface area contributed by atoms with Crippen LogP contribution in [0.3, 0.4) is 0 Å². The van der Waals surface area contributed by atoms with Gasteiger partial charge in [0, 0.05) is 12.3 Å². The summed E-state index contributed by atoms with van der Waals surface area (Å²) in [6.07, 6.45) is -1.38. The normalized spacial score (nSPS) is 13.8. The first-order valence-corrected chi connectivity index (χ1v) is 11.2. The lowest BCUT2D eigenvalue weighted by molar-refractivity contribution is -0.139. The number of nitrogens with one attached hydrogen (secondary N) is 1. The van der Waals surface area contributed by atoms with Crippen molar-refractivity contribution in [1.29, 1.82) is 0 Å². The van der Waals surface area contributed by atoms with Crippen LogP contribution in [0, 0.1) is 6.92 Å². The molecule has 148 valence electrons. The summed E-state index contributed by atoms with van der Waals surface area (Å²) in [5.41, 5.74) is -0.516. The monoisotopic (exact) mass is 449 g/mol. The van der Waals surface area contributed by atoms with Gasteiger partial charge in [-0.05, 0) is 19.1 Å². The van der Waals surface area contributed by atoms with Crippen LogP contribution in [0.2, 0.25) is 5.15 Å². The zero-order valence-corrected chi connectivity index (χ0v) is 16.8. The van der Waals surface area contributed by atoms with Crippen LogP contribution in [-0.4, -0.2) is 29.6 Å². The maximum atomic E-state index is 13.5. The number of thiazole rings is 1. The number of halogens is 4. The minimum Gasteiger partial charge on any atom is -0.294 e. The summed E-state index contributed by atoms with van der Waals surface area (Å²) < 4.78 is 63.9. The summed E-state index contributed by atoms with van der Waals surface area (Å²) in [4.78, 5) is 15.0. The number of H-pyrrole nitrogens is 1. The van der Waals surface area contributed by atoms with E-state index in [9.17, 15) is 21.6 Å². The van der Waals surface area contributed by atoms with Crippen LogP contribution in [-0.2, 0) is 16.0 Å². The highest BCUT2D eigenvalue weighted by Gasteiger charge is 2.37. The molecule has 12 heteroatoms. The van der Waals surface area contributed by atoms with E-state index >= 15 is 0 Å². The minimum absolute atomic E-state index is 0.126. The molecule has 0 fully saturated rings. The molecule has 0 saturated heterocycles. The van der Waals surface area contributed by atoms with Crippen LogP contribution in [0.4, 0.5) is 19.0 Å². The maximum Gasteiger partial charge on any atom is 0.417 e. The smallest absolute Gasteiger partial charge is 0.294 e. The highest BCUT2D eigenvalue weighted by molar-refractivity contribution is 7.90. The van der Waals surface area contributed by atoms with Crippen molar-refractivity contribution in [3.63, 3.8) is 0 Å². The first kappa shape index (κ1) is 20.5. The topological polar surface area (TPSA) is 88.1 Å². The molecule has 3 aromatic rings. The summed E-state index contributed by atoms with van der Waals surface area (Å²) >= 11 is 5.79. The zero-order valence-electron chi connectivity index (χ0n) is 14.5. The molecule has 3 rings (SSSR count). The van der Waals surface area contributed by atoms with Crippen molar-refractivity contribution in [1.82, 2.24) is 15.0 Å². The quantitative estimate of drug-likeness (QED) is 0.608. The van der Waals surface area contributed by atoms with Gasteiger partial charge in [-0.15, -0.1) is 0 Å². The molecule has 28 heavy (non-hydrogen) atoms. The Balaban J connectivity index is 2.23. The van der Waals surface area contributed by atoms with Gasteiger partial charge >= 0.3 is 11.0 Å². The number of hydrogen-bond acceptors (Lipinski definition) is 5. The molecule has 0 aliphatic carbocycles. The zero-order chi connectivity index (χ0) is 20.7. The van der Waals surface area contributed by atoms with E-state index in [1.807, 2.05) is 0 Å². The van der Waals surface area contributed by atoms with E-state index in [1.54, 1.807) is 12.3 Å². The average Bonchev–Trinajstić information content (AvgIpc) is 2.93. The van der Waals surface area contributed by atoms with Gasteiger partial charge in [0.1, 0.15) is 5.15 Å². The molecule has 1 unspecified atom stereocenters. The van der Waals surface area contributed by atoms with Crippen LogP contribution in [0.25, 0.3) is 4.90 Å².